The van der Waals surface area contributed by atoms with E-state index >= 15 is 0 Å². The number of nitrogens with one attached hydrogen (secondary N) is 3. The molecular formula is C20H16ClN5O. The highest BCUT2D eigenvalue weighted by Crippen LogP contribution is 2.22. The van der Waals surface area contributed by atoms with Gasteiger partial charge in [-0.15, -0.1) is 0 Å². The van der Waals surface area contributed by atoms with Crippen molar-refractivity contribution in [3.8, 4) is 0 Å². The molecule has 4 rings (SSSR count). The van der Waals surface area contributed by atoms with E-state index in [1.165, 1.54) is 0 Å². The van der Waals surface area contributed by atoms with Crippen molar-refractivity contribution in [1.29, 1.82) is 0 Å². The third kappa shape index (κ3) is 4.07. The Bertz CT molecular complexity index is 1010. The summed E-state index contributed by atoms with van der Waals surface area (Å²) < 4.78 is 0. The summed E-state index contributed by atoms with van der Waals surface area (Å²) >= 11 is 5.89. The fraction of sp³-hybridized carbons (Fsp3) is 0.0500. The maximum absolute atomic E-state index is 12.7. The van der Waals surface area contributed by atoms with Crippen molar-refractivity contribution in [2.24, 2.45) is 5.10 Å². The maximum Gasteiger partial charge on any atom is 0.259 e. The molecule has 2 heterocycles. The van der Waals surface area contributed by atoms with Crippen LogP contribution in [0.2, 0.25) is 5.02 Å². The summed E-state index contributed by atoms with van der Waals surface area (Å²) in [5.41, 5.74) is 6.98. The Labute approximate surface area is 161 Å². The topological polar surface area (TPSA) is 78.4 Å². The number of pyridine rings is 1. The first-order chi connectivity index (χ1) is 13.2. The van der Waals surface area contributed by atoms with Crippen LogP contribution in [0.3, 0.4) is 0 Å². The quantitative estimate of drug-likeness (QED) is 0.750. The van der Waals surface area contributed by atoms with Gasteiger partial charge in [-0.2, -0.15) is 5.10 Å². The summed E-state index contributed by atoms with van der Waals surface area (Å²) in [6, 6.07) is 10.4. The van der Waals surface area contributed by atoms with E-state index in [-0.39, 0.29) is 5.91 Å². The SMILES string of the molecule is O=C(Nc1ccc(Cl)cc1)c1cccnc1NC1=CC=C2C=NNC(=C1)C2. The largest absolute Gasteiger partial charge is 0.340 e. The van der Waals surface area contributed by atoms with Crippen LogP contribution in [0.5, 0.6) is 0 Å². The highest BCUT2D eigenvalue weighted by atomic mass is 35.5. The van der Waals surface area contributed by atoms with Crippen LogP contribution in [0.25, 0.3) is 0 Å². The van der Waals surface area contributed by atoms with Crippen molar-refractivity contribution in [2.75, 3.05) is 10.6 Å². The Morgan fingerprint density at radius 1 is 1.15 bits per heavy atom. The fourth-order valence-corrected chi connectivity index (χ4v) is 2.88. The number of halogens is 1. The number of fused-ring (bicyclic) bond motifs is 2. The van der Waals surface area contributed by atoms with Crippen molar-refractivity contribution in [3.63, 3.8) is 0 Å². The average Bonchev–Trinajstić information content (AvgIpc) is 2.81. The van der Waals surface area contributed by atoms with Gasteiger partial charge < -0.3 is 10.6 Å². The van der Waals surface area contributed by atoms with Crippen LogP contribution in [0, 0.1) is 0 Å². The Balaban J connectivity index is 1.56. The molecule has 2 bridgehead atoms. The number of hydrazone groups is 1. The number of hydrogen-bond acceptors (Lipinski definition) is 5. The molecule has 0 radical (unpaired) electrons. The van der Waals surface area contributed by atoms with Crippen molar-refractivity contribution in [1.82, 2.24) is 10.4 Å². The molecule has 0 unspecified atom stereocenters. The molecule has 0 atom stereocenters. The number of benzene rings is 1. The predicted molar refractivity (Wildman–Crippen MR) is 108 cm³/mol. The molecule has 27 heavy (non-hydrogen) atoms. The van der Waals surface area contributed by atoms with Gasteiger partial charge in [-0.25, -0.2) is 4.98 Å². The highest BCUT2D eigenvalue weighted by molar-refractivity contribution is 6.30. The van der Waals surface area contributed by atoms with E-state index in [4.69, 9.17) is 11.6 Å². The number of carbonyl (C=O) groups is 1. The van der Waals surface area contributed by atoms with E-state index in [9.17, 15) is 4.79 Å². The molecule has 0 spiro atoms. The molecule has 0 fully saturated rings. The molecule has 134 valence electrons. The van der Waals surface area contributed by atoms with Gasteiger partial charge in [-0.1, -0.05) is 17.7 Å². The molecule has 1 aliphatic carbocycles. The summed E-state index contributed by atoms with van der Waals surface area (Å²) in [4.78, 5) is 17.0. The second kappa shape index (κ2) is 7.47. The lowest BCUT2D eigenvalue weighted by atomic mass is 10.1. The minimum Gasteiger partial charge on any atom is -0.340 e. The summed E-state index contributed by atoms with van der Waals surface area (Å²) in [7, 11) is 0. The zero-order valence-electron chi connectivity index (χ0n) is 14.2. The summed E-state index contributed by atoms with van der Waals surface area (Å²) in [6.45, 7) is 0. The summed E-state index contributed by atoms with van der Waals surface area (Å²) in [5, 5.41) is 10.8. The van der Waals surface area contributed by atoms with Crippen molar-refractivity contribution < 1.29 is 4.79 Å². The first kappa shape index (κ1) is 17.1. The number of allylic oxidation sites excluding steroid dienone is 4. The number of carbonyl (C=O) groups excluding carboxylic acids is 1. The van der Waals surface area contributed by atoms with Gasteiger partial charge in [0.25, 0.3) is 5.91 Å². The molecule has 6 nitrogen and oxygen atoms in total. The Hall–Kier alpha value is -3.38. The van der Waals surface area contributed by atoms with Crippen LogP contribution in [0.1, 0.15) is 16.8 Å². The van der Waals surface area contributed by atoms with Crippen LogP contribution in [-0.2, 0) is 0 Å². The standard InChI is InChI=1S/C20H16ClN5O/c21-14-4-7-15(8-5-14)25-20(27)18-2-1-9-22-19(18)24-16-6-3-13-10-17(11-16)26-23-12-13/h1-9,11-12,26H,10H2,(H,22,24)(H,25,27). The first-order valence-electron chi connectivity index (χ1n) is 8.37. The maximum atomic E-state index is 12.7. The van der Waals surface area contributed by atoms with Crippen LogP contribution >= 0.6 is 11.6 Å². The zero-order valence-corrected chi connectivity index (χ0v) is 15.0. The summed E-state index contributed by atoms with van der Waals surface area (Å²) in [6.07, 6.45) is 10.1. The highest BCUT2D eigenvalue weighted by Gasteiger charge is 2.15. The van der Waals surface area contributed by atoms with E-state index in [0.717, 1.165) is 23.4 Å². The Morgan fingerprint density at radius 2 is 2.00 bits per heavy atom. The Kier molecular flexibility index (Phi) is 4.72. The van der Waals surface area contributed by atoms with E-state index < -0.39 is 0 Å². The average molecular weight is 378 g/mol. The molecule has 0 saturated carbocycles. The number of amides is 1. The van der Waals surface area contributed by atoms with Crippen LogP contribution in [0.15, 0.2) is 82.9 Å². The van der Waals surface area contributed by atoms with E-state index in [1.54, 1.807) is 48.8 Å². The van der Waals surface area contributed by atoms with Gasteiger partial charge in [0.05, 0.1) is 11.8 Å². The molecule has 1 aromatic carbocycles. The number of rotatable bonds is 4. The van der Waals surface area contributed by atoms with Gasteiger partial charge in [-0.3, -0.25) is 10.2 Å². The van der Waals surface area contributed by atoms with Gasteiger partial charge in [-0.05, 0) is 54.1 Å². The van der Waals surface area contributed by atoms with Gasteiger partial charge >= 0.3 is 0 Å². The monoisotopic (exact) mass is 377 g/mol. The number of anilines is 2. The number of nitrogens with zero attached hydrogens (tertiary/aromatic N) is 2. The molecule has 3 N–H and O–H groups in total. The second-order valence-corrected chi connectivity index (χ2v) is 6.50. The minimum atomic E-state index is -0.256. The number of aromatic nitrogens is 1. The molecular weight excluding hydrogens is 362 g/mol. The smallest absolute Gasteiger partial charge is 0.259 e. The van der Waals surface area contributed by atoms with Crippen molar-refractivity contribution in [2.45, 2.75) is 6.42 Å². The third-order valence-corrected chi connectivity index (χ3v) is 4.31. The van der Waals surface area contributed by atoms with Gasteiger partial charge in [0.2, 0.25) is 0 Å². The number of hydrogen-bond donors (Lipinski definition) is 3. The first-order valence-corrected chi connectivity index (χ1v) is 8.75. The zero-order chi connectivity index (χ0) is 18.6. The molecule has 2 aliphatic rings. The van der Waals surface area contributed by atoms with Crippen LogP contribution in [0.4, 0.5) is 11.5 Å². The van der Waals surface area contributed by atoms with E-state index in [0.29, 0.717) is 22.1 Å². The lowest BCUT2D eigenvalue weighted by Gasteiger charge is -2.13. The van der Waals surface area contributed by atoms with Gasteiger partial charge in [0.15, 0.2) is 0 Å². The lowest BCUT2D eigenvalue weighted by molar-refractivity contribution is 0.102. The molecule has 2 aromatic rings. The van der Waals surface area contributed by atoms with Gasteiger partial charge in [0, 0.05) is 34.7 Å². The van der Waals surface area contributed by atoms with E-state index in [2.05, 4.69) is 26.1 Å². The normalized spacial score (nSPS) is 14.9. The minimum absolute atomic E-state index is 0.256. The second-order valence-electron chi connectivity index (χ2n) is 6.07. The van der Waals surface area contributed by atoms with Crippen molar-refractivity contribution >= 4 is 35.2 Å². The van der Waals surface area contributed by atoms with Crippen LogP contribution in [-0.4, -0.2) is 17.1 Å². The lowest BCUT2D eigenvalue weighted by Crippen LogP contribution is -2.16. The van der Waals surface area contributed by atoms with Gasteiger partial charge in [0.1, 0.15) is 5.82 Å². The molecule has 0 saturated heterocycles. The summed E-state index contributed by atoms with van der Waals surface area (Å²) in [5.74, 6) is 0.219. The van der Waals surface area contributed by atoms with E-state index in [1.807, 2.05) is 18.2 Å². The third-order valence-electron chi connectivity index (χ3n) is 4.06. The molecule has 7 heteroatoms. The molecule has 1 aliphatic heterocycles. The molecule has 1 aromatic heterocycles. The van der Waals surface area contributed by atoms with Crippen LogP contribution < -0.4 is 16.1 Å². The van der Waals surface area contributed by atoms with Crippen molar-refractivity contribution in [3.05, 3.63) is 88.4 Å². The predicted octanol–water partition coefficient (Wildman–Crippen LogP) is 4.09. The molecule has 1 amide bonds. The Morgan fingerprint density at radius 3 is 2.85 bits per heavy atom. The fourth-order valence-electron chi connectivity index (χ4n) is 2.76.